The first-order valence-corrected chi connectivity index (χ1v) is 13.5. The largest absolute Gasteiger partial charge is 0.309 e. The van der Waals surface area contributed by atoms with E-state index in [2.05, 4.69) is 137 Å². The van der Waals surface area contributed by atoms with Gasteiger partial charge in [-0.25, -0.2) is 0 Å². The molecule has 0 saturated heterocycles. The lowest BCUT2D eigenvalue weighted by molar-refractivity contribution is 1.17. The molecule has 0 aliphatic rings. The van der Waals surface area contributed by atoms with E-state index in [-0.39, 0.29) is 0 Å². The summed E-state index contributed by atoms with van der Waals surface area (Å²) in [4.78, 5) is 0. The molecule has 0 N–H and O–H groups in total. The lowest BCUT2D eigenvalue weighted by Gasteiger charge is -2.17. The van der Waals surface area contributed by atoms with Gasteiger partial charge in [-0.1, -0.05) is 109 Å². The van der Waals surface area contributed by atoms with Crippen molar-refractivity contribution in [2.24, 2.45) is 0 Å². The summed E-state index contributed by atoms with van der Waals surface area (Å²) in [7, 11) is 0. The Labute approximate surface area is 230 Å². The summed E-state index contributed by atoms with van der Waals surface area (Å²) in [6, 6.07) is 49.4. The first-order chi connectivity index (χ1) is 19.3. The van der Waals surface area contributed by atoms with E-state index in [4.69, 9.17) is 11.6 Å². The van der Waals surface area contributed by atoms with Crippen LogP contribution in [0, 0.1) is 0 Å². The molecule has 0 radical (unpaired) electrons. The Hall–Kier alpha value is -4.79. The molecule has 3 heteroatoms. The molecule has 0 saturated carbocycles. The fraction of sp³-hybridized carbons (Fsp3) is 0. The van der Waals surface area contributed by atoms with Crippen LogP contribution >= 0.6 is 11.6 Å². The van der Waals surface area contributed by atoms with Crippen LogP contribution in [0.15, 0.2) is 140 Å². The quantitative estimate of drug-likeness (QED) is 0.220. The van der Waals surface area contributed by atoms with Crippen LogP contribution in [-0.4, -0.2) is 9.13 Å². The minimum Gasteiger partial charge on any atom is -0.309 e. The number of aromatic nitrogens is 2. The Kier molecular flexibility index (Phi) is 4.91. The third kappa shape index (κ3) is 3.29. The van der Waals surface area contributed by atoms with Crippen molar-refractivity contribution in [3.05, 3.63) is 145 Å². The van der Waals surface area contributed by atoms with Crippen LogP contribution in [0.3, 0.4) is 0 Å². The molecule has 0 aliphatic heterocycles. The molecule has 184 valence electrons. The molecule has 2 heterocycles. The summed E-state index contributed by atoms with van der Waals surface area (Å²) in [5.41, 5.74) is 9.02. The molecule has 2 aromatic heterocycles. The van der Waals surface area contributed by atoms with Gasteiger partial charge in [-0.05, 0) is 48.0 Å². The van der Waals surface area contributed by atoms with Crippen LogP contribution in [0.2, 0.25) is 5.02 Å². The predicted octanol–water partition coefficient (Wildman–Crippen LogP) is 10.2. The van der Waals surface area contributed by atoms with Crippen LogP contribution in [0.1, 0.15) is 0 Å². The third-order valence-electron chi connectivity index (χ3n) is 7.79. The summed E-state index contributed by atoms with van der Waals surface area (Å²) >= 11 is 7.04. The van der Waals surface area contributed by atoms with Gasteiger partial charge < -0.3 is 9.13 Å². The Morgan fingerprint density at radius 1 is 0.410 bits per heavy atom. The van der Waals surface area contributed by atoms with E-state index in [1.807, 2.05) is 12.1 Å². The van der Waals surface area contributed by atoms with Crippen molar-refractivity contribution in [2.75, 3.05) is 0 Å². The van der Waals surface area contributed by atoms with Crippen LogP contribution < -0.4 is 0 Å². The van der Waals surface area contributed by atoms with Crippen molar-refractivity contribution < 1.29 is 0 Å². The highest BCUT2D eigenvalue weighted by atomic mass is 35.5. The summed E-state index contributed by atoms with van der Waals surface area (Å²) in [6.45, 7) is 0. The molecule has 0 unspecified atom stereocenters. The molecule has 8 rings (SSSR count). The average molecular weight is 519 g/mol. The SMILES string of the molecule is Clc1cccc(-c2cccc(-n3c4ccccc4c4ccccc43)c2)c1-n1c2ccccc2c2ccccc21. The van der Waals surface area contributed by atoms with Gasteiger partial charge in [-0.3, -0.25) is 0 Å². The highest BCUT2D eigenvalue weighted by molar-refractivity contribution is 6.33. The van der Waals surface area contributed by atoms with E-state index in [0.717, 1.165) is 38.6 Å². The summed E-state index contributed by atoms with van der Waals surface area (Å²) in [6.07, 6.45) is 0. The van der Waals surface area contributed by atoms with Crippen LogP contribution in [0.25, 0.3) is 66.1 Å². The Morgan fingerprint density at radius 3 is 1.41 bits per heavy atom. The standard InChI is InChI=1S/C36H23ClN2/c37-31-18-10-17-26(36(31)39-34-21-7-3-15-29(34)30-16-4-8-22-35(30)39)24-11-9-12-25(23-24)38-32-19-5-1-13-27(32)28-14-2-6-20-33(28)38/h1-23H. The highest BCUT2D eigenvalue weighted by Crippen LogP contribution is 2.40. The summed E-state index contributed by atoms with van der Waals surface area (Å²) in [5, 5.41) is 5.68. The molecule has 39 heavy (non-hydrogen) atoms. The Balaban J connectivity index is 1.41. The highest BCUT2D eigenvalue weighted by Gasteiger charge is 2.19. The number of hydrogen-bond donors (Lipinski definition) is 0. The maximum absolute atomic E-state index is 7.04. The van der Waals surface area contributed by atoms with Crippen molar-refractivity contribution in [2.45, 2.75) is 0 Å². The number of rotatable bonds is 3. The normalized spacial score (nSPS) is 11.7. The van der Waals surface area contributed by atoms with Crippen molar-refractivity contribution in [1.82, 2.24) is 9.13 Å². The summed E-state index contributed by atoms with van der Waals surface area (Å²) in [5.74, 6) is 0. The number of nitrogens with zero attached hydrogens (tertiary/aromatic N) is 2. The fourth-order valence-electron chi connectivity index (χ4n) is 6.15. The predicted molar refractivity (Wildman–Crippen MR) is 166 cm³/mol. The van der Waals surface area contributed by atoms with E-state index >= 15 is 0 Å². The van der Waals surface area contributed by atoms with Gasteiger partial charge in [-0.2, -0.15) is 0 Å². The molecule has 6 aromatic carbocycles. The minimum atomic E-state index is 0.723. The molecule has 2 nitrogen and oxygen atoms in total. The van der Waals surface area contributed by atoms with Gasteiger partial charge in [-0.15, -0.1) is 0 Å². The topological polar surface area (TPSA) is 9.86 Å². The molecule has 0 aliphatic carbocycles. The first kappa shape index (κ1) is 22.2. The number of para-hydroxylation sites is 5. The molecule has 0 fully saturated rings. The average Bonchev–Trinajstić information content (AvgIpc) is 3.50. The van der Waals surface area contributed by atoms with Gasteiger partial charge in [0.2, 0.25) is 0 Å². The van der Waals surface area contributed by atoms with Crippen LogP contribution in [0.5, 0.6) is 0 Å². The lowest BCUT2D eigenvalue weighted by atomic mass is 10.0. The van der Waals surface area contributed by atoms with Crippen LogP contribution in [-0.2, 0) is 0 Å². The van der Waals surface area contributed by atoms with Gasteiger partial charge in [0.25, 0.3) is 0 Å². The lowest BCUT2D eigenvalue weighted by Crippen LogP contribution is -1.99. The second kappa shape index (κ2) is 8.62. The number of halogens is 1. The van der Waals surface area contributed by atoms with Crippen molar-refractivity contribution in [1.29, 1.82) is 0 Å². The number of fused-ring (bicyclic) bond motifs is 6. The van der Waals surface area contributed by atoms with E-state index in [1.165, 1.54) is 32.6 Å². The second-order valence-corrected chi connectivity index (χ2v) is 10.3. The molecule has 8 aromatic rings. The molecule has 0 spiro atoms. The monoisotopic (exact) mass is 518 g/mol. The fourth-order valence-corrected chi connectivity index (χ4v) is 6.41. The zero-order valence-corrected chi connectivity index (χ0v) is 21.8. The number of hydrogen-bond acceptors (Lipinski definition) is 0. The van der Waals surface area contributed by atoms with E-state index in [0.29, 0.717) is 0 Å². The molecular formula is C36H23ClN2. The van der Waals surface area contributed by atoms with Gasteiger partial charge in [0.05, 0.1) is 32.8 Å². The van der Waals surface area contributed by atoms with E-state index in [9.17, 15) is 0 Å². The second-order valence-electron chi connectivity index (χ2n) is 9.93. The zero-order valence-electron chi connectivity index (χ0n) is 21.1. The Bertz CT molecular complexity index is 2090. The molecule has 0 atom stereocenters. The molecular weight excluding hydrogens is 496 g/mol. The maximum Gasteiger partial charge on any atom is 0.0726 e. The van der Waals surface area contributed by atoms with Gasteiger partial charge in [0, 0.05) is 32.8 Å². The smallest absolute Gasteiger partial charge is 0.0726 e. The van der Waals surface area contributed by atoms with Gasteiger partial charge in [0.1, 0.15) is 0 Å². The minimum absolute atomic E-state index is 0.723. The van der Waals surface area contributed by atoms with Crippen LogP contribution in [0.4, 0.5) is 0 Å². The van der Waals surface area contributed by atoms with Gasteiger partial charge in [0.15, 0.2) is 0 Å². The zero-order chi connectivity index (χ0) is 25.9. The molecule has 0 amide bonds. The maximum atomic E-state index is 7.04. The third-order valence-corrected chi connectivity index (χ3v) is 8.09. The first-order valence-electron chi connectivity index (χ1n) is 13.2. The van der Waals surface area contributed by atoms with Crippen molar-refractivity contribution >= 4 is 55.2 Å². The molecule has 0 bridgehead atoms. The summed E-state index contributed by atoms with van der Waals surface area (Å²) < 4.78 is 4.67. The number of benzene rings is 6. The Morgan fingerprint density at radius 2 is 0.872 bits per heavy atom. The van der Waals surface area contributed by atoms with Crippen molar-refractivity contribution in [3.63, 3.8) is 0 Å². The van der Waals surface area contributed by atoms with E-state index < -0.39 is 0 Å². The van der Waals surface area contributed by atoms with Gasteiger partial charge >= 0.3 is 0 Å². The van der Waals surface area contributed by atoms with Crippen molar-refractivity contribution in [3.8, 4) is 22.5 Å². The van der Waals surface area contributed by atoms with E-state index in [1.54, 1.807) is 0 Å².